The maximum Gasteiger partial charge on any atom is 0.338 e. The number of ether oxygens (including phenoxy) is 2. The van der Waals surface area contributed by atoms with Crippen molar-refractivity contribution in [2.75, 3.05) is 13.7 Å². The molecule has 16 heteroatoms. The fraction of sp³-hybridized carbons (Fsp3) is 0.154. The van der Waals surface area contributed by atoms with Gasteiger partial charge in [0.15, 0.2) is 15.8 Å². The zero-order chi connectivity index (χ0) is 38.8. The third-order valence-corrected chi connectivity index (χ3v) is 11.2. The van der Waals surface area contributed by atoms with Gasteiger partial charge in [0.1, 0.15) is 11.8 Å². The van der Waals surface area contributed by atoms with Gasteiger partial charge in [-0.25, -0.2) is 9.79 Å². The second-order valence-corrected chi connectivity index (χ2v) is 14.9. The highest BCUT2D eigenvalue weighted by Crippen LogP contribution is 2.40. The molecule has 0 unspecified atom stereocenters. The summed E-state index contributed by atoms with van der Waals surface area (Å²) in [6, 6.07) is 24.7. The van der Waals surface area contributed by atoms with Crippen molar-refractivity contribution < 1.29 is 19.2 Å². The number of aromatic nitrogens is 4. The van der Waals surface area contributed by atoms with Crippen molar-refractivity contribution in [1.82, 2.24) is 19.3 Å². The van der Waals surface area contributed by atoms with Crippen LogP contribution in [-0.4, -0.2) is 43.9 Å². The van der Waals surface area contributed by atoms with E-state index < -0.39 is 22.5 Å². The minimum atomic E-state index is -1.06. The molecule has 1 aliphatic heterocycles. The van der Waals surface area contributed by atoms with Crippen molar-refractivity contribution in [1.29, 1.82) is 0 Å². The number of methoxy groups -OCH3 is 1. The van der Waals surface area contributed by atoms with Gasteiger partial charge in [0, 0.05) is 50.3 Å². The van der Waals surface area contributed by atoms with Crippen LogP contribution < -0.4 is 19.6 Å². The van der Waals surface area contributed by atoms with Crippen molar-refractivity contribution in [3.63, 3.8) is 0 Å². The second kappa shape index (κ2) is 16.1. The van der Waals surface area contributed by atoms with E-state index in [2.05, 4.69) is 10.2 Å². The highest BCUT2D eigenvalue weighted by molar-refractivity contribution is 7.99. The fourth-order valence-electron chi connectivity index (χ4n) is 6.24. The van der Waals surface area contributed by atoms with E-state index in [0.717, 1.165) is 16.9 Å². The molecule has 0 amide bonds. The van der Waals surface area contributed by atoms with E-state index in [4.69, 9.17) is 37.7 Å². The minimum absolute atomic E-state index is 0.0772. The smallest absolute Gasteiger partial charge is 0.338 e. The average Bonchev–Trinajstić information content (AvgIpc) is 3.74. The van der Waals surface area contributed by atoms with E-state index >= 15 is 0 Å². The molecular formula is C39H30Cl2N6O6S2. The minimum Gasteiger partial charge on any atom is -0.496 e. The molecule has 0 bridgehead atoms. The van der Waals surface area contributed by atoms with Gasteiger partial charge >= 0.3 is 5.97 Å². The zero-order valence-electron chi connectivity index (χ0n) is 29.4. The average molecular weight is 814 g/mol. The molecule has 1 atom stereocenters. The van der Waals surface area contributed by atoms with Crippen LogP contribution in [0.5, 0.6) is 5.75 Å². The van der Waals surface area contributed by atoms with Gasteiger partial charge in [0.05, 0.1) is 34.4 Å². The first kappa shape index (κ1) is 37.8. The lowest BCUT2D eigenvalue weighted by Gasteiger charge is -2.27. The van der Waals surface area contributed by atoms with Crippen LogP contribution in [0.25, 0.3) is 23.2 Å². The summed E-state index contributed by atoms with van der Waals surface area (Å²) in [4.78, 5) is 45.9. The van der Waals surface area contributed by atoms with Gasteiger partial charge in [-0.1, -0.05) is 77.0 Å². The Labute approximate surface area is 332 Å². The summed E-state index contributed by atoms with van der Waals surface area (Å²) in [5, 5.41) is 22.3. The summed E-state index contributed by atoms with van der Waals surface area (Å²) in [6.45, 7) is 4.25. The molecule has 0 fully saturated rings. The van der Waals surface area contributed by atoms with Gasteiger partial charge in [-0.05, 0) is 73.6 Å². The van der Waals surface area contributed by atoms with Crippen molar-refractivity contribution in [2.45, 2.75) is 36.5 Å². The number of fused-ring (bicyclic) bond motifs is 1. The van der Waals surface area contributed by atoms with E-state index in [1.165, 1.54) is 35.6 Å². The lowest BCUT2D eigenvalue weighted by atomic mass is 9.92. The van der Waals surface area contributed by atoms with E-state index in [1.807, 2.05) is 54.0 Å². The summed E-state index contributed by atoms with van der Waals surface area (Å²) >= 11 is 15.1. The van der Waals surface area contributed by atoms with Gasteiger partial charge in [-0.2, -0.15) is 0 Å². The first-order chi connectivity index (χ1) is 26.6. The highest BCUT2D eigenvalue weighted by atomic mass is 35.5. The van der Waals surface area contributed by atoms with E-state index in [9.17, 15) is 19.7 Å². The first-order valence-electron chi connectivity index (χ1n) is 16.9. The molecule has 3 heterocycles. The van der Waals surface area contributed by atoms with Crippen molar-refractivity contribution in [2.24, 2.45) is 4.99 Å². The Morgan fingerprint density at radius 1 is 0.982 bits per heavy atom. The van der Waals surface area contributed by atoms with Crippen LogP contribution in [-0.2, 0) is 16.1 Å². The Bertz CT molecular complexity index is 2690. The second-order valence-electron chi connectivity index (χ2n) is 12.0. The molecule has 0 saturated heterocycles. The quantitative estimate of drug-likeness (QED) is 0.0735. The number of carbonyl (C=O) groups excluding carboxylic acids is 1. The predicted molar refractivity (Wildman–Crippen MR) is 212 cm³/mol. The number of thiazole rings is 1. The summed E-state index contributed by atoms with van der Waals surface area (Å²) in [6.07, 6.45) is 1.59. The van der Waals surface area contributed by atoms with E-state index in [0.29, 0.717) is 60.6 Å². The van der Waals surface area contributed by atoms with Crippen LogP contribution in [0.15, 0.2) is 116 Å². The number of nitro benzene ring substituents is 1. The molecule has 4 aromatic carbocycles. The third kappa shape index (κ3) is 7.45. The number of hydrogen-bond donors (Lipinski definition) is 0. The maximum atomic E-state index is 14.7. The Morgan fingerprint density at radius 2 is 1.75 bits per heavy atom. The molecule has 7 rings (SSSR count). The number of nitrogens with zero attached hydrogens (tertiary/aromatic N) is 6. The lowest BCUT2D eigenvalue weighted by molar-refractivity contribution is -0.384. The van der Waals surface area contributed by atoms with E-state index in [-0.39, 0.29) is 27.2 Å². The Hall–Kier alpha value is -5.54. The van der Waals surface area contributed by atoms with Crippen LogP contribution in [0.1, 0.15) is 36.6 Å². The highest BCUT2D eigenvalue weighted by Gasteiger charge is 2.37. The number of nitro groups is 1. The molecule has 0 spiro atoms. The summed E-state index contributed by atoms with van der Waals surface area (Å²) < 4.78 is 14.8. The monoisotopic (exact) mass is 812 g/mol. The zero-order valence-corrected chi connectivity index (χ0v) is 32.6. The lowest BCUT2D eigenvalue weighted by Crippen LogP contribution is -2.40. The molecule has 6 aromatic rings. The third-order valence-electron chi connectivity index (χ3n) is 8.67. The fourth-order valence-corrected chi connectivity index (χ4v) is 8.58. The number of carbonyl (C=O) groups is 1. The van der Waals surface area contributed by atoms with Gasteiger partial charge in [-0.3, -0.25) is 19.5 Å². The molecule has 0 aliphatic carbocycles. The van der Waals surface area contributed by atoms with E-state index in [1.54, 1.807) is 49.4 Å². The van der Waals surface area contributed by atoms with Gasteiger partial charge < -0.3 is 14.0 Å². The molecule has 2 aromatic heterocycles. The predicted octanol–water partition coefficient (Wildman–Crippen LogP) is 7.59. The van der Waals surface area contributed by atoms with Crippen LogP contribution in [0.4, 0.5) is 5.69 Å². The molecule has 278 valence electrons. The topological polar surface area (TPSA) is 144 Å². The van der Waals surface area contributed by atoms with Crippen LogP contribution in [0.3, 0.4) is 0 Å². The summed E-state index contributed by atoms with van der Waals surface area (Å²) in [5.74, 6) is 0.322. The molecule has 55 heavy (non-hydrogen) atoms. The number of halogens is 2. The normalized spacial score (nSPS) is 14.1. The molecule has 0 saturated carbocycles. The number of esters is 1. The number of hydrogen-bond acceptors (Lipinski definition) is 11. The van der Waals surface area contributed by atoms with Crippen LogP contribution in [0.2, 0.25) is 10.0 Å². The first-order valence-corrected chi connectivity index (χ1v) is 19.3. The Kier molecular flexibility index (Phi) is 11.0. The summed E-state index contributed by atoms with van der Waals surface area (Å²) in [7, 11) is 1.49. The van der Waals surface area contributed by atoms with Gasteiger partial charge in [0.25, 0.3) is 11.2 Å². The molecular weight excluding hydrogens is 784 g/mol. The van der Waals surface area contributed by atoms with Gasteiger partial charge in [-0.15, -0.1) is 10.2 Å². The number of rotatable bonds is 11. The maximum absolute atomic E-state index is 14.7. The summed E-state index contributed by atoms with van der Waals surface area (Å²) in [5.41, 5.74) is 2.02. The van der Waals surface area contributed by atoms with Crippen LogP contribution >= 0.6 is 46.3 Å². The molecule has 0 radical (unpaired) electrons. The van der Waals surface area contributed by atoms with Gasteiger partial charge in [0.2, 0.25) is 0 Å². The largest absolute Gasteiger partial charge is 0.496 e. The van der Waals surface area contributed by atoms with Crippen molar-refractivity contribution in [3.05, 3.63) is 153 Å². The van der Waals surface area contributed by atoms with Crippen LogP contribution in [0, 0.1) is 10.1 Å². The van der Waals surface area contributed by atoms with Crippen molar-refractivity contribution in [3.8, 4) is 17.1 Å². The Balaban J connectivity index is 1.45. The molecule has 12 nitrogen and oxygen atoms in total. The number of non-ortho nitro benzene ring substituents is 1. The standard InChI is InChI=1S/C39H30Cl2N6O6S2/c1-4-45-35(23-12-9-13-25(40)18-23)43-44-39(45)54-30-17-15-27(47(50)51)19-24(30)20-31-36(48)46-34(28-21-26(41)14-16-29(28)52-3)32(37(49)53-5-2)33(42-38(46)55-31)22-10-7-6-8-11-22/h6-21,34H,4-5H2,1-3H3/b31-20-/t34-/m0/s1. The molecule has 1 aliphatic rings. The van der Waals surface area contributed by atoms with Crippen molar-refractivity contribution >= 4 is 69.7 Å². The molecule has 0 N–H and O–H groups in total. The number of benzene rings is 4. The SMILES string of the molecule is CCOC(=O)C1=C(c2ccccc2)N=c2s/c(=C\c3cc([N+](=O)[O-])ccc3Sc3nnc(-c4cccc(Cl)c4)n3CC)c(=O)n2[C@H]1c1cc(Cl)ccc1OC. The Morgan fingerprint density at radius 3 is 2.45 bits per heavy atom.